The minimum absolute atomic E-state index is 0.198. The van der Waals surface area contributed by atoms with Crippen molar-refractivity contribution in [2.75, 3.05) is 33.0 Å². The van der Waals surface area contributed by atoms with E-state index in [4.69, 9.17) is 18.9 Å². The molecular weight excluding hydrogens is 472 g/mol. The highest BCUT2D eigenvalue weighted by molar-refractivity contribution is 5.64. The Kier molecular flexibility index (Phi) is 10.7. The molecule has 0 aromatic heterocycles. The molecule has 4 rings (SSSR count). The molecule has 38 heavy (non-hydrogen) atoms. The van der Waals surface area contributed by atoms with Crippen LogP contribution in [0, 0.1) is 5.41 Å². The van der Waals surface area contributed by atoms with Gasteiger partial charge in [0.05, 0.1) is 38.4 Å². The number of unbranched alkanes of at least 4 members (excludes halogenated alkanes) is 5. The zero-order chi connectivity index (χ0) is 26.5. The van der Waals surface area contributed by atoms with Crippen LogP contribution in [0.2, 0.25) is 0 Å². The highest BCUT2D eigenvalue weighted by Gasteiger charge is 2.37. The van der Waals surface area contributed by atoms with Crippen LogP contribution in [0.25, 0.3) is 17.2 Å². The summed E-state index contributed by atoms with van der Waals surface area (Å²) in [6.07, 6.45) is 9.99. The first-order valence-electron chi connectivity index (χ1n) is 14.1. The lowest BCUT2D eigenvalue weighted by atomic mass is 9.84. The normalized spacial score (nSPS) is 13.9. The van der Waals surface area contributed by atoms with Crippen molar-refractivity contribution in [3.8, 4) is 28.4 Å². The molecule has 0 bridgehead atoms. The SMILES string of the molecule is C=Cc1ccc(OCCCCCCCCOc2ccc(-c3ccc(OCC4(CC)COC4)cc3)cc2)cc1. The van der Waals surface area contributed by atoms with Gasteiger partial charge in [0.15, 0.2) is 0 Å². The maximum atomic E-state index is 6.03. The number of ether oxygens (including phenoxy) is 4. The molecule has 0 amide bonds. The molecule has 0 atom stereocenters. The van der Waals surface area contributed by atoms with E-state index in [9.17, 15) is 0 Å². The molecular formula is C34H42O4. The second kappa shape index (κ2) is 14.6. The minimum atomic E-state index is 0.198. The van der Waals surface area contributed by atoms with Crippen molar-refractivity contribution in [2.45, 2.75) is 51.9 Å². The van der Waals surface area contributed by atoms with Gasteiger partial charge in [0, 0.05) is 0 Å². The van der Waals surface area contributed by atoms with Crippen molar-refractivity contribution in [2.24, 2.45) is 5.41 Å². The van der Waals surface area contributed by atoms with E-state index in [0.29, 0.717) is 0 Å². The topological polar surface area (TPSA) is 36.9 Å². The average molecular weight is 515 g/mol. The molecule has 0 saturated carbocycles. The molecule has 0 spiro atoms. The molecule has 3 aromatic carbocycles. The number of hydrogen-bond donors (Lipinski definition) is 0. The lowest BCUT2D eigenvalue weighted by molar-refractivity contribution is -0.133. The van der Waals surface area contributed by atoms with Crippen LogP contribution < -0.4 is 14.2 Å². The summed E-state index contributed by atoms with van der Waals surface area (Å²) in [5.41, 5.74) is 3.67. The minimum Gasteiger partial charge on any atom is -0.494 e. The summed E-state index contributed by atoms with van der Waals surface area (Å²) >= 11 is 0. The molecule has 1 aliphatic heterocycles. The molecule has 1 heterocycles. The van der Waals surface area contributed by atoms with Crippen molar-refractivity contribution >= 4 is 6.08 Å². The van der Waals surface area contributed by atoms with Crippen LogP contribution in [0.15, 0.2) is 79.4 Å². The molecule has 1 aliphatic rings. The van der Waals surface area contributed by atoms with Crippen LogP contribution >= 0.6 is 0 Å². The van der Waals surface area contributed by atoms with E-state index in [0.717, 1.165) is 75.1 Å². The Balaban J connectivity index is 1.05. The first-order valence-corrected chi connectivity index (χ1v) is 14.1. The van der Waals surface area contributed by atoms with Gasteiger partial charge < -0.3 is 18.9 Å². The highest BCUT2D eigenvalue weighted by atomic mass is 16.5. The Bertz CT molecular complexity index is 1080. The fraction of sp³-hybridized carbons (Fsp3) is 0.412. The van der Waals surface area contributed by atoms with Crippen molar-refractivity contribution in [3.63, 3.8) is 0 Å². The molecule has 1 fully saturated rings. The van der Waals surface area contributed by atoms with Crippen LogP contribution in [-0.4, -0.2) is 33.0 Å². The largest absolute Gasteiger partial charge is 0.494 e. The summed E-state index contributed by atoms with van der Waals surface area (Å²) in [6.45, 7) is 9.85. The lowest BCUT2D eigenvalue weighted by Crippen LogP contribution is -2.46. The molecule has 0 radical (unpaired) electrons. The van der Waals surface area contributed by atoms with Gasteiger partial charge in [-0.15, -0.1) is 0 Å². The smallest absolute Gasteiger partial charge is 0.119 e. The zero-order valence-corrected chi connectivity index (χ0v) is 22.8. The molecule has 1 saturated heterocycles. The fourth-order valence-corrected chi connectivity index (χ4v) is 4.50. The van der Waals surface area contributed by atoms with Crippen molar-refractivity contribution in [1.29, 1.82) is 0 Å². The Morgan fingerprint density at radius 3 is 1.53 bits per heavy atom. The second-order valence-corrected chi connectivity index (χ2v) is 10.3. The summed E-state index contributed by atoms with van der Waals surface area (Å²) in [5, 5.41) is 0. The third-order valence-corrected chi connectivity index (χ3v) is 7.35. The number of benzene rings is 3. The van der Waals surface area contributed by atoms with E-state index in [1.54, 1.807) is 0 Å². The Hall–Kier alpha value is -3.24. The van der Waals surface area contributed by atoms with Crippen LogP contribution in [0.1, 0.15) is 57.4 Å². The predicted octanol–water partition coefficient (Wildman–Crippen LogP) is 8.60. The lowest BCUT2D eigenvalue weighted by Gasteiger charge is -2.40. The summed E-state index contributed by atoms with van der Waals surface area (Å²) in [4.78, 5) is 0. The average Bonchev–Trinajstić information content (AvgIpc) is 2.95. The molecule has 0 N–H and O–H groups in total. The summed E-state index contributed by atoms with van der Waals surface area (Å²) in [7, 11) is 0. The van der Waals surface area contributed by atoms with Gasteiger partial charge in [0.1, 0.15) is 17.2 Å². The van der Waals surface area contributed by atoms with Gasteiger partial charge in [-0.1, -0.05) is 81.7 Å². The van der Waals surface area contributed by atoms with E-state index in [1.165, 1.54) is 36.8 Å². The van der Waals surface area contributed by atoms with Crippen LogP contribution in [0.5, 0.6) is 17.2 Å². The van der Waals surface area contributed by atoms with Crippen molar-refractivity contribution in [1.82, 2.24) is 0 Å². The first kappa shape index (κ1) is 27.8. The van der Waals surface area contributed by atoms with E-state index in [2.05, 4.69) is 62.0 Å². The molecule has 4 nitrogen and oxygen atoms in total. The predicted molar refractivity (Wildman–Crippen MR) is 156 cm³/mol. The van der Waals surface area contributed by atoms with Gasteiger partial charge in [-0.2, -0.15) is 0 Å². The van der Waals surface area contributed by atoms with Crippen LogP contribution in [0.3, 0.4) is 0 Å². The Morgan fingerprint density at radius 1 is 0.658 bits per heavy atom. The molecule has 3 aromatic rings. The summed E-state index contributed by atoms with van der Waals surface area (Å²) < 4.78 is 23.2. The maximum absolute atomic E-state index is 6.03. The molecule has 202 valence electrons. The molecule has 4 heteroatoms. The van der Waals surface area contributed by atoms with Crippen molar-refractivity contribution < 1.29 is 18.9 Å². The monoisotopic (exact) mass is 514 g/mol. The van der Waals surface area contributed by atoms with E-state index in [1.807, 2.05) is 30.3 Å². The van der Waals surface area contributed by atoms with E-state index < -0.39 is 0 Å². The van der Waals surface area contributed by atoms with E-state index in [-0.39, 0.29) is 5.41 Å². The third-order valence-electron chi connectivity index (χ3n) is 7.35. The first-order chi connectivity index (χ1) is 18.7. The maximum Gasteiger partial charge on any atom is 0.119 e. The number of hydrogen-bond acceptors (Lipinski definition) is 4. The summed E-state index contributed by atoms with van der Waals surface area (Å²) in [6, 6.07) is 24.8. The fourth-order valence-electron chi connectivity index (χ4n) is 4.50. The van der Waals surface area contributed by atoms with Gasteiger partial charge in [0.25, 0.3) is 0 Å². The quantitative estimate of drug-likeness (QED) is 0.169. The van der Waals surface area contributed by atoms with Gasteiger partial charge >= 0.3 is 0 Å². The van der Waals surface area contributed by atoms with Crippen LogP contribution in [0.4, 0.5) is 0 Å². The standard InChI is InChI=1S/C34H42O4/c1-3-28-11-17-31(18-12-28)36-23-9-7-5-6-8-10-24-37-32-19-13-29(14-20-32)30-15-21-33(22-16-30)38-27-34(4-2)25-35-26-34/h3,11-22H,1,4-10,23-27H2,2H3. The zero-order valence-electron chi connectivity index (χ0n) is 22.8. The van der Waals surface area contributed by atoms with Gasteiger partial charge in [0.2, 0.25) is 0 Å². The Labute approximate surface area is 228 Å². The molecule has 0 aliphatic carbocycles. The van der Waals surface area contributed by atoms with E-state index >= 15 is 0 Å². The summed E-state index contributed by atoms with van der Waals surface area (Å²) in [5.74, 6) is 2.78. The molecule has 0 unspecified atom stereocenters. The second-order valence-electron chi connectivity index (χ2n) is 10.3. The van der Waals surface area contributed by atoms with Gasteiger partial charge in [-0.05, 0) is 72.4 Å². The Morgan fingerprint density at radius 2 is 1.11 bits per heavy atom. The highest BCUT2D eigenvalue weighted by Crippen LogP contribution is 2.32. The van der Waals surface area contributed by atoms with Crippen LogP contribution in [-0.2, 0) is 4.74 Å². The van der Waals surface area contributed by atoms with Gasteiger partial charge in [-0.25, -0.2) is 0 Å². The van der Waals surface area contributed by atoms with Gasteiger partial charge in [-0.3, -0.25) is 0 Å². The van der Waals surface area contributed by atoms with Crippen molar-refractivity contribution in [3.05, 3.63) is 84.9 Å². The third kappa shape index (κ3) is 8.39. The number of rotatable bonds is 17.